The predicted octanol–water partition coefficient (Wildman–Crippen LogP) is 3.24. The molecule has 4 nitrogen and oxygen atoms in total. The van der Waals surface area contributed by atoms with E-state index in [2.05, 4.69) is 0 Å². The van der Waals surface area contributed by atoms with Crippen LogP contribution in [-0.2, 0) is 16.0 Å². The Balaban J connectivity index is 3.14. The van der Waals surface area contributed by atoms with Crippen LogP contribution in [0.3, 0.4) is 0 Å². The van der Waals surface area contributed by atoms with Gasteiger partial charge in [0.05, 0.1) is 5.56 Å². The van der Waals surface area contributed by atoms with Gasteiger partial charge < -0.3 is 9.90 Å². The Hall–Kier alpha value is -1.97. The molecule has 1 N–H and O–H groups in total. The van der Waals surface area contributed by atoms with Gasteiger partial charge >= 0.3 is 5.97 Å². The normalized spacial score (nSPS) is 13.5. The topological polar surface area (TPSA) is 71.4 Å². The third-order valence-electron chi connectivity index (χ3n) is 3.66. The molecule has 1 aromatic rings. The molecule has 0 fully saturated rings. The van der Waals surface area contributed by atoms with Crippen molar-refractivity contribution in [2.75, 3.05) is 0 Å². The number of rotatable bonds is 7. The van der Waals surface area contributed by atoms with E-state index in [0.717, 1.165) is 11.1 Å². The largest absolute Gasteiger partial charge is 0.478 e. The highest BCUT2D eigenvalue weighted by atomic mass is 16.4. The second-order valence-electron chi connectivity index (χ2n) is 5.79. The van der Waals surface area contributed by atoms with Gasteiger partial charge in [0.2, 0.25) is 0 Å². The zero-order valence-electron chi connectivity index (χ0n) is 13.0. The fraction of sp³-hybridized carbons (Fsp3) is 0.471. The molecule has 0 heterocycles. The van der Waals surface area contributed by atoms with E-state index in [9.17, 15) is 19.5 Å². The molecule has 2 unspecified atom stereocenters. The summed E-state index contributed by atoms with van der Waals surface area (Å²) < 4.78 is 0. The van der Waals surface area contributed by atoms with Gasteiger partial charge in [0.15, 0.2) is 0 Å². The Bertz CT molecular complexity index is 560. The molecule has 2 atom stereocenters. The van der Waals surface area contributed by atoms with Gasteiger partial charge in [-0.1, -0.05) is 19.9 Å². The number of hydrogen-bond donors (Lipinski definition) is 1. The van der Waals surface area contributed by atoms with Gasteiger partial charge in [0.25, 0.3) is 0 Å². The number of ketones is 2. The molecule has 0 aliphatic carbocycles. The first kappa shape index (κ1) is 17.1. The minimum atomic E-state index is -0.997. The molecule has 0 spiro atoms. The van der Waals surface area contributed by atoms with Crippen molar-refractivity contribution in [2.45, 2.75) is 46.5 Å². The van der Waals surface area contributed by atoms with Gasteiger partial charge in [-0.25, -0.2) is 4.79 Å². The number of carboxylic acids is 1. The van der Waals surface area contributed by atoms with E-state index in [1.165, 1.54) is 13.8 Å². The van der Waals surface area contributed by atoms with Crippen molar-refractivity contribution in [3.05, 3.63) is 34.9 Å². The molecular formula is C17H22O4. The van der Waals surface area contributed by atoms with Crippen LogP contribution in [0, 0.1) is 5.92 Å². The van der Waals surface area contributed by atoms with E-state index >= 15 is 0 Å². The summed E-state index contributed by atoms with van der Waals surface area (Å²) in [5.74, 6) is -1.03. The maximum atomic E-state index is 11.4. The molecule has 1 aromatic carbocycles. The summed E-state index contributed by atoms with van der Waals surface area (Å²) in [4.78, 5) is 33.8. The Morgan fingerprint density at radius 3 is 2.19 bits per heavy atom. The number of aromatic carboxylic acids is 1. The molecule has 0 amide bonds. The van der Waals surface area contributed by atoms with Crippen molar-refractivity contribution in [1.29, 1.82) is 0 Å². The Labute approximate surface area is 125 Å². The SMILES string of the molecule is CC(=O)CC(C)c1cc(CC(C)C(C)=O)cc(C(=O)O)c1. The van der Waals surface area contributed by atoms with E-state index < -0.39 is 5.97 Å². The zero-order chi connectivity index (χ0) is 16.2. The molecule has 0 aromatic heterocycles. The third-order valence-corrected chi connectivity index (χ3v) is 3.66. The van der Waals surface area contributed by atoms with Crippen LogP contribution in [0.15, 0.2) is 18.2 Å². The van der Waals surface area contributed by atoms with Crippen LogP contribution in [0.1, 0.15) is 61.5 Å². The van der Waals surface area contributed by atoms with Crippen molar-refractivity contribution < 1.29 is 19.5 Å². The van der Waals surface area contributed by atoms with Crippen LogP contribution in [-0.4, -0.2) is 22.6 Å². The molecule has 0 aliphatic heterocycles. The monoisotopic (exact) mass is 290 g/mol. The maximum Gasteiger partial charge on any atom is 0.335 e. The van der Waals surface area contributed by atoms with Crippen molar-refractivity contribution >= 4 is 17.5 Å². The molecule has 4 heteroatoms. The number of carboxylic acid groups (broad SMARTS) is 1. The summed E-state index contributed by atoms with van der Waals surface area (Å²) in [5.41, 5.74) is 1.85. The highest BCUT2D eigenvalue weighted by Crippen LogP contribution is 2.24. The lowest BCUT2D eigenvalue weighted by atomic mass is 9.89. The smallest absolute Gasteiger partial charge is 0.335 e. The summed E-state index contributed by atoms with van der Waals surface area (Å²) in [6, 6.07) is 5.11. The summed E-state index contributed by atoms with van der Waals surface area (Å²) in [6.45, 7) is 6.79. The van der Waals surface area contributed by atoms with E-state index in [1.807, 2.05) is 19.9 Å². The highest BCUT2D eigenvalue weighted by Gasteiger charge is 2.15. The maximum absolute atomic E-state index is 11.4. The first-order valence-electron chi connectivity index (χ1n) is 7.07. The lowest BCUT2D eigenvalue weighted by Gasteiger charge is -2.15. The quantitative estimate of drug-likeness (QED) is 0.836. The molecule has 0 saturated heterocycles. The second-order valence-corrected chi connectivity index (χ2v) is 5.79. The van der Waals surface area contributed by atoms with Gasteiger partial charge in [-0.2, -0.15) is 0 Å². The minimum absolute atomic E-state index is 0.0341. The minimum Gasteiger partial charge on any atom is -0.478 e. The van der Waals surface area contributed by atoms with Gasteiger partial charge in [-0.15, -0.1) is 0 Å². The Morgan fingerprint density at radius 1 is 1.10 bits per heavy atom. The Kier molecular flexibility index (Phi) is 5.82. The Morgan fingerprint density at radius 2 is 1.71 bits per heavy atom. The van der Waals surface area contributed by atoms with Crippen molar-refractivity contribution in [3.8, 4) is 0 Å². The summed E-state index contributed by atoms with van der Waals surface area (Å²) in [5, 5.41) is 9.21. The average Bonchev–Trinajstić information content (AvgIpc) is 2.37. The zero-order valence-corrected chi connectivity index (χ0v) is 13.0. The average molecular weight is 290 g/mol. The molecule has 0 aliphatic rings. The van der Waals surface area contributed by atoms with E-state index in [-0.39, 0.29) is 29.0 Å². The molecule has 21 heavy (non-hydrogen) atoms. The van der Waals surface area contributed by atoms with Crippen molar-refractivity contribution in [3.63, 3.8) is 0 Å². The molecule has 0 radical (unpaired) electrons. The number of carbonyl (C=O) groups excluding carboxylic acids is 2. The first-order valence-corrected chi connectivity index (χ1v) is 7.07. The van der Waals surface area contributed by atoms with Gasteiger partial charge in [0, 0.05) is 12.3 Å². The van der Waals surface area contributed by atoms with Crippen LogP contribution >= 0.6 is 0 Å². The number of Topliss-reactive ketones (excluding diaryl/α,β-unsaturated/α-hetero) is 2. The summed E-state index contributed by atoms with van der Waals surface area (Å²) >= 11 is 0. The van der Waals surface area contributed by atoms with E-state index in [0.29, 0.717) is 12.8 Å². The molecule has 0 saturated carbocycles. The van der Waals surface area contributed by atoms with Crippen LogP contribution in [0.4, 0.5) is 0 Å². The predicted molar refractivity (Wildman–Crippen MR) is 80.7 cm³/mol. The number of benzene rings is 1. The fourth-order valence-corrected chi connectivity index (χ4v) is 2.29. The van der Waals surface area contributed by atoms with Gasteiger partial charge in [-0.3, -0.25) is 4.79 Å². The first-order chi connectivity index (χ1) is 9.70. The highest BCUT2D eigenvalue weighted by molar-refractivity contribution is 5.88. The summed E-state index contributed by atoms with van der Waals surface area (Å²) in [7, 11) is 0. The van der Waals surface area contributed by atoms with Crippen molar-refractivity contribution in [1.82, 2.24) is 0 Å². The van der Waals surface area contributed by atoms with Gasteiger partial charge in [0.1, 0.15) is 11.6 Å². The lowest BCUT2D eigenvalue weighted by Crippen LogP contribution is -2.11. The van der Waals surface area contributed by atoms with Crippen LogP contribution in [0.5, 0.6) is 0 Å². The van der Waals surface area contributed by atoms with Crippen molar-refractivity contribution in [2.24, 2.45) is 5.92 Å². The second kappa shape index (κ2) is 7.16. The molecule has 0 bridgehead atoms. The van der Waals surface area contributed by atoms with Crippen LogP contribution in [0.25, 0.3) is 0 Å². The standard InChI is InChI=1S/C17H22O4/c1-10(13(4)19)6-14-7-15(11(2)5-12(3)18)9-16(8-14)17(20)21/h7-11H,5-6H2,1-4H3,(H,20,21). The van der Waals surface area contributed by atoms with Crippen LogP contribution in [0.2, 0.25) is 0 Å². The van der Waals surface area contributed by atoms with E-state index in [1.54, 1.807) is 12.1 Å². The summed E-state index contributed by atoms with van der Waals surface area (Å²) in [6.07, 6.45) is 0.890. The van der Waals surface area contributed by atoms with Crippen LogP contribution < -0.4 is 0 Å². The number of carbonyl (C=O) groups is 3. The lowest BCUT2D eigenvalue weighted by molar-refractivity contribution is -0.120. The molecule has 1 rings (SSSR count). The molecular weight excluding hydrogens is 268 g/mol. The van der Waals surface area contributed by atoms with E-state index in [4.69, 9.17) is 0 Å². The molecule has 114 valence electrons. The number of hydrogen-bond acceptors (Lipinski definition) is 3. The fourth-order valence-electron chi connectivity index (χ4n) is 2.29. The third kappa shape index (κ3) is 5.14. The van der Waals surface area contributed by atoms with Gasteiger partial charge in [-0.05, 0) is 49.4 Å².